The Morgan fingerprint density at radius 3 is 2.68 bits per heavy atom. The molecule has 1 atom stereocenters. The summed E-state index contributed by atoms with van der Waals surface area (Å²) in [6.07, 6.45) is 1.79. The minimum absolute atomic E-state index is 0.0133. The molecular weight excluding hydrogens is 494 g/mol. The van der Waals surface area contributed by atoms with Crippen LogP contribution in [0.25, 0.3) is 0 Å². The van der Waals surface area contributed by atoms with E-state index in [0.717, 1.165) is 24.6 Å². The minimum Gasteiger partial charge on any atom is -0.497 e. The van der Waals surface area contributed by atoms with Gasteiger partial charge in [-0.15, -0.1) is 0 Å². The van der Waals surface area contributed by atoms with Gasteiger partial charge in [0.05, 0.1) is 37.8 Å². The summed E-state index contributed by atoms with van der Waals surface area (Å²) in [5.74, 6) is 0.631. The Labute approximate surface area is 219 Å². The van der Waals surface area contributed by atoms with Crippen molar-refractivity contribution >= 4 is 51.9 Å². The highest BCUT2D eigenvalue weighted by molar-refractivity contribution is 8.14. The highest BCUT2D eigenvalue weighted by Crippen LogP contribution is 2.34. The fraction of sp³-hybridized carbons (Fsp3) is 0.346. The first kappa shape index (κ1) is 26.2. The first-order chi connectivity index (χ1) is 17.9. The summed E-state index contributed by atoms with van der Waals surface area (Å²) < 4.78 is 10.6. The molecule has 0 aromatic heterocycles. The topological polar surface area (TPSA) is 122 Å². The Kier molecular flexibility index (Phi) is 8.44. The summed E-state index contributed by atoms with van der Waals surface area (Å²) in [7, 11) is 3.05. The number of carbonyl (C=O) groups excluding carboxylic acids is 3. The number of unbranched alkanes of at least 4 members (excludes halogenated alkanes) is 1. The number of amides is 3. The monoisotopic (exact) mass is 523 g/mol. The van der Waals surface area contributed by atoms with Crippen LogP contribution in [0.1, 0.15) is 31.7 Å². The lowest BCUT2D eigenvalue weighted by Gasteiger charge is -2.25. The molecule has 2 aromatic rings. The molecule has 0 bridgehead atoms. The number of carbonyl (C=O) groups is 3. The molecule has 0 saturated heterocycles. The molecule has 4 rings (SSSR count). The summed E-state index contributed by atoms with van der Waals surface area (Å²) in [5.41, 5.74) is 1.83. The quantitative estimate of drug-likeness (QED) is 0.461. The predicted octanol–water partition coefficient (Wildman–Crippen LogP) is 3.34. The molecule has 0 spiro atoms. The van der Waals surface area contributed by atoms with Crippen molar-refractivity contribution in [1.29, 1.82) is 0 Å². The molecule has 2 aliphatic heterocycles. The van der Waals surface area contributed by atoms with E-state index in [1.165, 1.54) is 19.1 Å². The Bertz CT molecular complexity index is 1260. The number of benzene rings is 2. The van der Waals surface area contributed by atoms with Gasteiger partial charge in [-0.2, -0.15) is 0 Å². The molecule has 2 aliphatic rings. The van der Waals surface area contributed by atoms with Crippen LogP contribution >= 0.6 is 11.8 Å². The lowest BCUT2D eigenvalue weighted by atomic mass is 10.1. The molecule has 0 unspecified atom stereocenters. The number of nitrogens with one attached hydrogen (secondary N) is 2. The van der Waals surface area contributed by atoms with Gasteiger partial charge in [-0.25, -0.2) is 9.89 Å². The van der Waals surface area contributed by atoms with Gasteiger partial charge >= 0.3 is 0 Å². The van der Waals surface area contributed by atoms with Crippen LogP contribution in [-0.4, -0.2) is 66.2 Å². The zero-order chi connectivity index (χ0) is 26.4. The van der Waals surface area contributed by atoms with Gasteiger partial charge in [-0.3, -0.25) is 19.4 Å². The Balaban J connectivity index is 1.49. The predicted molar refractivity (Wildman–Crippen MR) is 144 cm³/mol. The molecule has 2 N–H and O–H groups in total. The number of anilines is 1. The van der Waals surface area contributed by atoms with Crippen LogP contribution < -0.4 is 20.1 Å². The van der Waals surface area contributed by atoms with Crippen LogP contribution in [0.5, 0.6) is 11.5 Å². The van der Waals surface area contributed by atoms with Gasteiger partial charge in [0.1, 0.15) is 23.4 Å². The van der Waals surface area contributed by atoms with Crippen molar-refractivity contribution in [2.24, 2.45) is 9.98 Å². The van der Waals surface area contributed by atoms with Crippen molar-refractivity contribution in [3.8, 4) is 11.5 Å². The van der Waals surface area contributed by atoms with Gasteiger partial charge in [-0.1, -0.05) is 37.2 Å². The van der Waals surface area contributed by atoms with E-state index in [1.54, 1.807) is 18.2 Å². The zero-order valence-electron chi connectivity index (χ0n) is 20.9. The lowest BCUT2D eigenvalue weighted by molar-refractivity contribution is -0.128. The summed E-state index contributed by atoms with van der Waals surface area (Å²) >= 11 is 1.12. The minimum atomic E-state index is -0.844. The van der Waals surface area contributed by atoms with Crippen LogP contribution in [0.3, 0.4) is 0 Å². The van der Waals surface area contributed by atoms with E-state index < -0.39 is 6.04 Å². The molecule has 2 aromatic carbocycles. The molecule has 11 heteroatoms. The normalized spacial score (nSPS) is 15.8. The molecule has 0 radical (unpaired) electrons. The first-order valence-electron chi connectivity index (χ1n) is 12.0. The van der Waals surface area contributed by atoms with Crippen molar-refractivity contribution < 1.29 is 23.9 Å². The van der Waals surface area contributed by atoms with Crippen molar-refractivity contribution in [2.75, 3.05) is 31.8 Å². The summed E-state index contributed by atoms with van der Waals surface area (Å²) in [6.45, 7) is 2.61. The van der Waals surface area contributed by atoms with E-state index in [2.05, 4.69) is 20.6 Å². The highest BCUT2D eigenvalue weighted by Gasteiger charge is 2.42. The van der Waals surface area contributed by atoms with E-state index in [9.17, 15) is 14.4 Å². The number of thioether (sulfide) groups is 1. The molecule has 2 heterocycles. The second-order valence-corrected chi connectivity index (χ2v) is 9.31. The number of aliphatic imine (C=N–C) groups is 2. The number of nitrogens with zero attached hydrogens (tertiary/aromatic N) is 3. The standard InChI is InChI=1S/C26H29N5O5S/c1-4-5-12-27-22(32)14-20-25(34)31-24(29-20)17-8-6-7-9-18(17)30-26(31)37-15-23(33)28-19-13-16(35-2)10-11-21(19)36-3/h6-11,13,20H,4-5,12,14-15H2,1-3H3,(H,27,32)(H,28,33)/t20-/m1/s1. The van der Waals surface area contributed by atoms with E-state index >= 15 is 0 Å². The largest absolute Gasteiger partial charge is 0.497 e. The maximum atomic E-state index is 13.3. The fourth-order valence-corrected chi connectivity index (χ4v) is 4.71. The third-order valence-corrected chi connectivity index (χ3v) is 6.73. The maximum absolute atomic E-state index is 13.3. The van der Waals surface area contributed by atoms with Gasteiger partial charge in [0.2, 0.25) is 11.8 Å². The zero-order valence-corrected chi connectivity index (χ0v) is 21.8. The van der Waals surface area contributed by atoms with Crippen LogP contribution in [0, 0.1) is 0 Å². The molecule has 37 heavy (non-hydrogen) atoms. The number of hydrogen-bond donors (Lipinski definition) is 2. The summed E-state index contributed by atoms with van der Waals surface area (Å²) in [5, 5.41) is 5.99. The number of para-hydroxylation sites is 1. The van der Waals surface area contributed by atoms with E-state index in [1.807, 2.05) is 31.2 Å². The molecule has 0 aliphatic carbocycles. The number of ether oxygens (including phenoxy) is 2. The van der Waals surface area contributed by atoms with E-state index in [4.69, 9.17) is 9.47 Å². The smallest absolute Gasteiger partial charge is 0.259 e. The summed E-state index contributed by atoms with van der Waals surface area (Å²) in [4.78, 5) is 49.1. The first-order valence-corrected chi connectivity index (χ1v) is 12.9. The average Bonchev–Trinajstić information content (AvgIpc) is 3.23. The molecule has 3 amide bonds. The average molecular weight is 524 g/mol. The number of amidine groups is 2. The number of fused-ring (bicyclic) bond motifs is 3. The van der Waals surface area contributed by atoms with Crippen molar-refractivity contribution in [1.82, 2.24) is 10.2 Å². The maximum Gasteiger partial charge on any atom is 0.259 e. The second-order valence-electron chi connectivity index (χ2n) is 8.36. The van der Waals surface area contributed by atoms with Gasteiger partial charge in [0.15, 0.2) is 5.17 Å². The Morgan fingerprint density at radius 2 is 1.92 bits per heavy atom. The van der Waals surface area contributed by atoms with Crippen LogP contribution in [-0.2, 0) is 14.4 Å². The number of hydrogen-bond acceptors (Lipinski definition) is 8. The third kappa shape index (κ3) is 5.93. The number of methoxy groups -OCH3 is 2. The molecule has 194 valence electrons. The molecular formula is C26H29N5O5S. The van der Waals surface area contributed by atoms with Gasteiger partial charge in [-0.05, 0) is 30.7 Å². The molecule has 0 saturated carbocycles. The van der Waals surface area contributed by atoms with E-state index in [0.29, 0.717) is 46.0 Å². The van der Waals surface area contributed by atoms with Gasteiger partial charge in [0.25, 0.3) is 5.91 Å². The molecule has 0 fully saturated rings. The van der Waals surface area contributed by atoms with Crippen molar-refractivity contribution in [3.05, 3.63) is 48.0 Å². The Hall–Kier alpha value is -3.86. The van der Waals surface area contributed by atoms with Crippen LogP contribution in [0.2, 0.25) is 0 Å². The second kappa shape index (κ2) is 11.9. The van der Waals surface area contributed by atoms with Gasteiger partial charge < -0.3 is 20.1 Å². The van der Waals surface area contributed by atoms with Crippen molar-refractivity contribution in [2.45, 2.75) is 32.2 Å². The SMILES string of the molecule is CCCCNC(=O)C[C@H]1N=C2c3ccccc3N=C(SCC(=O)Nc3cc(OC)ccc3OC)N2C1=O. The highest BCUT2D eigenvalue weighted by atomic mass is 32.2. The Morgan fingerprint density at radius 1 is 1.11 bits per heavy atom. The van der Waals surface area contributed by atoms with Crippen LogP contribution in [0.15, 0.2) is 52.4 Å². The summed E-state index contributed by atoms with van der Waals surface area (Å²) in [6, 6.07) is 11.6. The third-order valence-electron chi connectivity index (χ3n) is 5.79. The van der Waals surface area contributed by atoms with Crippen LogP contribution in [0.4, 0.5) is 11.4 Å². The molecule has 10 nitrogen and oxygen atoms in total. The lowest BCUT2D eigenvalue weighted by Crippen LogP contribution is -2.42. The number of rotatable bonds is 10. The van der Waals surface area contributed by atoms with Gasteiger partial charge in [0, 0.05) is 18.2 Å². The fourth-order valence-electron chi connectivity index (χ4n) is 3.91. The van der Waals surface area contributed by atoms with E-state index in [-0.39, 0.29) is 29.9 Å². The van der Waals surface area contributed by atoms with Crippen molar-refractivity contribution in [3.63, 3.8) is 0 Å².